The molecule has 1 amide bonds. The molecule has 5 aromatic rings. The molecule has 230 valence electrons. The summed E-state index contributed by atoms with van der Waals surface area (Å²) < 4.78 is 57.7. The maximum absolute atomic E-state index is 14.0. The number of benzene rings is 5. The van der Waals surface area contributed by atoms with Crippen LogP contribution in [0.15, 0.2) is 131 Å². The van der Waals surface area contributed by atoms with Gasteiger partial charge in [-0.25, -0.2) is 16.8 Å². The molecule has 5 aromatic carbocycles. The maximum atomic E-state index is 14.0. The third-order valence-corrected chi connectivity index (χ3v) is 10.4. The number of halogens is 1. The summed E-state index contributed by atoms with van der Waals surface area (Å²) in [6.45, 7) is 3.67. The van der Waals surface area contributed by atoms with Crippen LogP contribution in [-0.2, 0) is 26.6 Å². The molecule has 0 saturated heterocycles. The molecule has 0 atom stereocenters. The Kier molecular flexibility index (Phi) is 9.29. The van der Waals surface area contributed by atoms with Crippen LogP contribution in [0.25, 0.3) is 0 Å². The van der Waals surface area contributed by atoms with Crippen LogP contribution in [-0.4, -0.2) is 22.7 Å². The van der Waals surface area contributed by atoms with E-state index in [4.69, 9.17) is 11.6 Å². The first-order valence-electron chi connectivity index (χ1n) is 13.9. The molecule has 8 nitrogen and oxygen atoms in total. The Morgan fingerprint density at radius 1 is 0.689 bits per heavy atom. The molecule has 0 aliphatic heterocycles. The highest BCUT2D eigenvalue weighted by Gasteiger charge is 2.29. The number of carbonyl (C=O) groups is 1. The van der Waals surface area contributed by atoms with Gasteiger partial charge in [0.25, 0.3) is 26.0 Å². The Balaban J connectivity index is 1.44. The third kappa shape index (κ3) is 7.54. The van der Waals surface area contributed by atoms with Gasteiger partial charge in [0.2, 0.25) is 0 Å². The molecule has 0 aliphatic rings. The fraction of sp³-hybridized carbons (Fsp3) is 0.0882. The van der Waals surface area contributed by atoms with Crippen LogP contribution < -0.4 is 14.3 Å². The summed E-state index contributed by atoms with van der Waals surface area (Å²) in [5.41, 5.74) is 3.53. The van der Waals surface area contributed by atoms with Crippen molar-refractivity contribution in [3.05, 3.63) is 149 Å². The number of para-hydroxylation sites is 1. The molecule has 0 aliphatic carbocycles. The van der Waals surface area contributed by atoms with E-state index in [1.54, 1.807) is 72.8 Å². The van der Waals surface area contributed by atoms with Crippen LogP contribution in [0, 0.1) is 13.8 Å². The molecule has 0 radical (unpaired) electrons. The normalized spacial score (nSPS) is 11.5. The molecule has 11 heteroatoms. The summed E-state index contributed by atoms with van der Waals surface area (Å²) >= 11 is 6.06. The van der Waals surface area contributed by atoms with E-state index in [-0.39, 0.29) is 27.6 Å². The lowest BCUT2D eigenvalue weighted by Gasteiger charge is -2.27. The van der Waals surface area contributed by atoms with E-state index in [1.807, 2.05) is 19.9 Å². The second kappa shape index (κ2) is 13.2. The zero-order valence-corrected chi connectivity index (χ0v) is 26.8. The standard InChI is InChI=1S/C34H30ClN3O5S2/c1-24-10-18-31(19-11-24)45(42,43)38(23-26-12-14-27(35)15-13-26)33-9-4-3-8-32(33)34(39)36-28-16-20-30(21-17-28)44(40,41)37-29-7-5-6-25(2)22-29/h3-22,37H,23H2,1-2H3,(H,36,39). The first kappa shape index (κ1) is 31.8. The maximum Gasteiger partial charge on any atom is 0.264 e. The smallest absolute Gasteiger partial charge is 0.264 e. The highest BCUT2D eigenvalue weighted by molar-refractivity contribution is 7.93. The molecule has 0 aromatic heterocycles. The van der Waals surface area contributed by atoms with Crippen molar-refractivity contribution in [1.29, 1.82) is 0 Å². The Labute approximate surface area is 268 Å². The van der Waals surface area contributed by atoms with Crippen LogP contribution in [0.5, 0.6) is 0 Å². The number of sulfonamides is 2. The van der Waals surface area contributed by atoms with Crippen LogP contribution in [0.3, 0.4) is 0 Å². The quantitative estimate of drug-likeness (QED) is 0.162. The van der Waals surface area contributed by atoms with Crippen molar-refractivity contribution in [2.75, 3.05) is 14.3 Å². The Hall–Kier alpha value is -4.64. The number of carbonyl (C=O) groups excluding carboxylic acids is 1. The number of aryl methyl sites for hydroxylation is 2. The number of nitrogens with one attached hydrogen (secondary N) is 2. The Bertz CT molecular complexity index is 2050. The van der Waals surface area contributed by atoms with Gasteiger partial charge in [-0.2, -0.15) is 0 Å². The Morgan fingerprint density at radius 2 is 1.33 bits per heavy atom. The predicted molar refractivity (Wildman–Crippen MR) is 179 cm³/mol. The summed E-state index contributed by atoms with van der Waals surface area (Å²) in [4.78, 5) is 13.7. The molecular formula is C34H30ClN3O5S2. The zero-order chi connectivity index (χ0) is 32.2. The third-order valence-electron chi connectivity index (χ3n) is 6.96. The summed E-state index contributed by atoms with van der Waals surface area (Å²) in [6.07, 6.45) is 0. The molecular weight excluding hydrogens is 630 g/mol. The zero-order valence-electron chi connectivity index (χ0n) is 24.4. The van der Waals surface area contributed by atoms with Gasteiger partial charge >= 0.3 is 0 Å². The lowest BCUT2D eigenvalue weighted by Crippen LogP contribution is -2.32. The summed E-state index contributed by atoms with van der Waals surface area (Å²) in [5.74, 6) is -0.570. The van der Waals surface area contributed by atoms with Gasteiger partial charge in [-0.05, 0) is 97.8 Å². The van der Waals surface area contributed by atoms with Gasteiger partial charge in [0.05, 0.1) is 27.6 Å². The van der Waals surface area contributed by atoms with E-state index in [0.29, 0.717) is 22.0 Å². The van der Waals surface area contributed by atoms with E-state index < -0.39 is 26.0 Å². The van der Waals surface area contributed by atoms with E-state index in [0.717, 1.165) is 11.1 Å². The molecule has 2 N–H and O–H groups in total. The fourth-order valence-electron chi connectivity index (χ4n) is 4.61. The number of anilines is 3. The Morgan fingerprint density at radius 3 is 2.00 bits per heavy atom. The van der Waals surface area contributed by atoms with Crippen molar-refractivity contribution in [3.8, 4) is 0 Å². The fourth-order valence-corrected chi connectivity index (χ4v) is 7.26. The van der Waals surface area contributed by atoms with Crippen LogP contribution in [0.2, 0.25) is 5.02 Å². The minimum absolute atomic E-state index is 0.0146. The summed E-state index contributed by atoms with van der Waals surface area (Å²) in [5, 5.41) is 3.28. The largest absolute Gasteiger partial charge is 0.322 e. The molecule has 0 bridgehead atoms. The van der Waals surface area contributed by atoms with Crippen LogP contribution in [0.4, 0.5) is 17.1 Å². The first-order chi connectivity index (χ1) is 21.4. The lowest BCUT2D eigenvalue weighted by atomic mass is 10.1. The van der Waals surface area contributed by atoms with Gasteiger partial charge < -0.3 is 5.32 Å². The topological polar surface area (TPSA) is 113 Å². The predicted octanol–water partition coefficient (Wildman–Crippen LogP) is 7.41. The van der Waals surface area contributed by atoms with E-state index in [2.05, 4.69) is 10.0 Å². The van der Waals surface area contributed by atoms with Gasteiger partial charge in [-0.1, -0.05) is 65.7 Å². The molecule has 0 spiro atoms. The second-order valence-corrected chi connectivity index (χ2v) is 14.4. The van der Waals surface area contributed by atoms with Crippen LogP contribution >= 0.6 is 11.6 Å². The molecule has 0 saturated carbocycles. The number of rotatable bonds is 10. The molecule has 0 fully saturated rings. The van der Waals surface area contributed by atoms with E-state index in [9.17, 15) is 21.6 Å². The highest BCUT2D eigenvalue weighted by Crippen LogP contribution is 2.30. The SMILES string of the molecule is Cc1ccc(S(=O)(=O)N(Cc2ccc(Cl)cc2)c2ccccc2C(=O)Nc2ccc(S(=O)(=O)Nc3cccc(C)c3)cc2)cc1. The molecule has 45 heavy (non-hydrogen) atoms. The monoisotopic (exact) mass is 659 g/mol. The number of nitrogens with zero attached hydrogens (tertiary/aromatic N) is 1. The van der Waals surface area contributed by atoms with Crippen molar-refractivity contribution in [3.63, 3.8) is 0 Å². The highest BCUT2D eigenvalue weighted by atomic mass is 35.5. The number of hydrogen-bond acceptors (Lipinski definition) is 5. The average molecular weight is 660 g/mol. The second-order valence-electron chi connectivity index (χ2n) is 10.4. The van der Waals surface area contributed by atoms with Crippen LogP contribution in [0.1, 0.15) is 27.0 Å². The summed E-state index contributed by atoms with van der Waals surface area (Å²) in [7, 11) is -7.98. The summed E-state index contributed by atoms with van der Waals surface area (Å²) in [6, 6.07) is 32.4. The number of hydrogen-bond donors (Lipinski definition) is 2. The van der Waals surface area contributed by atoms with Crippen molar-refractivity contribution in [1.82, 2.24) is 0 Å². The lowest BCUT2D eigenvalue weighted by molar-refractivity contribution is 0.102. The minimum atomic E-state index is -4.11. The molecule has 0 unspecified atom stereocenters. The van der Waals surface area contributed by atoms with Crippen molar-refractivity contribution in [2.24, 2.45) is 0 Å². The minimum Gasteiger partial charge on any atom is -0.322 e. The van der Waals surface area contributed by atoms with Gasteiger partial charge in [0.1, 0.15) is 0 Å². The van der Waals surface area contributed by atoms with Crippen molar-refractivity contribution < 1.29 is 21.6 Å². The van der Waals surface area contributed by atoms with Gasteiger partial charge in [-0.3, -0.25) is 13.8 Å². The van der Waals surface area contributed by atoms with E-state index >= 15 is 0 Å². The van der Waals surface area contributed by atoms with Gasteiger partial charge in [0, 0.05) is 16.4 Å². The van der Waals surface area contributed by atoms with Crippen molar-refractivity contribution >= 4 is 54.6 Å². The number of amides is 1. The van der Waals surface area contributed by atoms with E-state index in [1.165, 1.54) is 46.8 Å². The van der Waals surface area contributed by atoms with Crippen molar-refractivity contribution in [2.45, 2.75) is 30.2 Å². The van der Waals surface area contributed by atoms with Gasteiger partial charge in [0.15, 0.2) is 0 Å². The first-order valence-corrected chi connectivity index (χ1v) is 17.2. The average Bonchev–Trinajstić information content (AvgIpc) is 3.01. The molecule has 0 heterocycles. The van der Waals surface area contributed by atoms with Gasteiger partial charge in [-0.15, -0.1) is 0 Å². The molecule has 5 rings (SSSR count).